The van der Waals surface area contributed by atoms with Crippen LogP contribution in [-0.2, 0) is 6.18 Å². The summed E-state index contributed by atoms with van der Waals surface area (Å²) in [5, 5.41) is 9.13. The van der Waals surface area contributed by atoms with Crippen molar-refractivity contribution in [1.82, 2.24) is 0 Å². The van der Waals surface area contributed by atoms with Crippen LogP contribution in [0, 0.1) is 0 Å². The maximum Gasteiger partial charge on any atom is 0.416 e. The number of halogens is 4. The van der Waals surface area contributed by atoms with Gasteiger partial charge >= 0.3 is 6.18 Å². The van der Waals surface area contributed by atoms with E-state index in [1.807, 2.05) is 0 Å². The van der Waals surface area contributed by atoms with Gasteiger partial charge in [0.25, 0.3) is 0 Å². The molecule has 2 nitrogen and oxygen atoms in total. The van der Waals surface area contributed by atoms with E-state index in [0.717, 1.165) is 12.1 Å². The Morgan fingerprint density at radius 1 is 1.38 bits per heavy atom. The van der Waals surface area contributed by atoms with Crippen molar-refractivity contribution in [3.05, 3.63) is 34.3 Å². The minimum absolute atomic E-state index is 0.0942. The molecule has 0 saturated heterocycles. The summed E-state index contributed by atoms with van der Waals surface area (Å²) < 4.78 is 37.0. The van der Waals surface area contributed by atoms with Gasteiger partial charge in [-0.3, -0.25) is 0 Å². The Labute approximate surface area is 95.8 Å². The molecule has 0 bridgehead atoms. The Bertz CT molecular complexity index is 379. The van der Waals surface area contributed by atoms with Crippen LogP contribution in [0.25, 0.3) is 0 Å². The first-order valence-corrected chi connectivity index (χ1v) is 4.91. The number of benzene rings is 1. The Kier molecular flexibility index (Phi) is 3.83. The standard InChI is InChI=1S/C10H11ClF3NO/c1-5(16)9(15)7-3-2-6(4-8(7)11)10(12,13)14/h2-5,9,16H,15H2,1H3/t5-,9-/m1/s1. The first-order chi connectivity index (χ1) is 7.23. The molecule has 0 unspecified atom stereocenters. The number of hydrogen-bond donors (Lipinski definition) is 2. The van der Waals surface area contributed by atoms with E-state index in [1.54, 1.807) is 0 Å². The molecule has 0 radical (unpaired) electrons. The molecule has 0 fully saturated rings. The van der Waals surface area contributed by atoms with E-state index in [1.165, 1.54) is 13.0 Å². The molecule has 0 aromatic heterocycles. The zero-order valence-corrected chi connectivity index (χ0v) is 9.18. The van der Waals surface area contributed by atoms with E-state index in [0.29, 0.717) is 5.56 Å². The topological polar surface area (TPSA) is 46.2 Å². The number of rotatable bonds is 2. The molecular weight excluding hydrogens is 243 g/mol. The van der Waals surface area contributed by atoms with Crippen molar-refractivity contribution < 1.29 is 18.3 Å². The molecule has 2 atom stereocenters. The smallest absolute Gasteiger partial charge is 0.391 e. The van der Waals surface area contributed by atoms with E-state index in [4.69, 9.17) is 17.3 Å². The molecule has 0 spiro atoms. The number of aliphatic hydroxyl groups is 1. The highest BCUT2D eigenvalue weighted by Gasteiger charge is 2.31. The van der Waals surface area contributed by atoms with Crippen LogP contribution in [0.3, 0.4) is 0 Å². The largest absolute Gasteiger partial charge is 0.416 e. The molecule has 0 aliphatic carbocycles. The molecule has 1 aromatic carbocycles. The Morgan fingerprint density at radius 3 is 2.31 bits per heavy atom. The van der Waals surface area contributed by atoms with Gasteiger partial charge in [-0.05, 0) is 24.6 Å². The van der Waals surface area contributed by atoms with Gasteiger partial charge in [0.1, 0.15) is 0 Å². The fraction of sp³-hybridized carbons (Fsp3) is 0.400. The van der Waals surface area contributed by atoms with Crippen molar-refractivity contribution >= 4 is 11.6 Å². The molecule has 16 heavy (non-hydrogen) atoms. The summed E-state index contributed by atoms with van der Waals surface area (Å²) in [5.41, 5.74) is 5.04. The van der Waals surface area contributed by atoms with E-state index >= 15 is 0 Å². The monoisotopic (exact) mass is 253 g/mol. The maximum absolute atomic E-state index is 12.3. The first-order valence-electron chi connectivity index (χ1n) is 4.53. The van der Waals surface area contributed by atoms with Crippen molar-refractivity contribution in [1.29, 1.82) is 0 Å². The molecule has 3 N–H and O–H groups in total. The van der Waals surface area contributed by atoms with Crippen LogP contribution < -0.4 is 5.73 Å². The summed E-state index contributed by atoms with van der Waals surface area (Å²) in [7, 11) is 0. The maximum atomic E-state index is 12.3. The second-order valence-electron chi connectivity index (χ2n) is 3.50. The van der Waals surface area contributed by atoms with E-state index in [2.05, 4.69) is 0 Å². The van der Waals surface area contributed by atoms with E-state index in [-0.39, 0.29) is 5.02 Å². The Morgan fingerprint density at radius 2 is 1.94 bits per heavy atom. The number of aliphatic hydroxyl groups excluding tert-OH is 1. The highest BCUT2D eigenvalue weighted by Crippen LogP contribution is 2.33. The molecule has 0 aliphatic rings. The highest BCUT2D eigenvalue weighted by atomic mass is 35.5. The third kappa shape index (κ3) is 2.87. The van der Waals surface area contributed by atoms with Gasteiger partial charge in [0.15, 0.2) is 0 Å². The SMILES string of the molecule is C[C@@H](O)[C@@H](N)c1ccc(C(F)(F)F)cc1Cl. The lowest BCUT2D eigenvalue weighted by atomic mass is 10.0. The summed E-state index contributed by atoms with van der Waals surface area (Å²) in [6.45, 7) is 1.44. The van der Waals surface area contributed by atoms with Crippen molar-refractivity contribution in [2.24, 2.45) is 5.73 Å². The summed E-state index contributed by atoms with van der Waals surface area (Å²) in [5.74, 6) is 0. The Balaban J connectivity index is 3.10. The first kappa shape index (κ1) is 13.3. The predicted molar refractivity (Wildman–Crippen MR) is 55.1 cm³/mol. The average Bonchev–Trinajstić information content (AvgIpc) is 2.15. The van der Waals surface area contributed by atoms with Crippen LogP contribution in [0.1, 0.15) is 24.1 Å². The fourth-order valence-electron chi connectivity index (χ4n) is 1.23. The minimum atomic E-state index is -4.43. The second kappa shape index (κ2) is 4.61. The lowest BCUT2D eigenvalue weighted by Crippen LogP contribution is -2.23. The molecule has 0 amide bonds. The van der Waals surface area contributed by atoms with E-state index in [9.17, 15) is 18.3 Å². The van der Waals surface area contributed by atoms with Crippen LogP contribution >= 0.6 is 11.6 Å². The molecule has 0 saturated carbocycles. The van der Waals surface area contributed by atoms with Crippen molar-refractivity contribution in [2.45, 2.75) is 25.2 Å². The van der Waals surface area contributed by atoms with Gasteiger partial charge in [0, 0.05) is 5.02 Å². The van der Waals surface area contributed by atoms with Gasteiger partial charge in [-0.25, -0.2) is 0 Å². The lowest BCUT2D eigenvalue weighted by molar-refractivity contribution is -0.137. The quantitative estimate of drug-likeness (QED) is 0.851. The van der Waals surface area contributed by atoms with Crippen LogP contribution in [0.15, 0.2) is 18.2 Å². The molecule has 0 aliphatic heterocycles. The van der Waals surface area contributed by atoms with Gasteiger partial charge in [-0.1, -0.05) is 17.7 Å². The molecule has 0 heterocycles. The molecule has 1 rings (SSSR count). The molecule has 6 heteroatoms. The lowest BCUT2D eigenvalue weighted by Gasteiger charge is -2.17. The molecular formula is C10H11ClF3NO. The van der Waals surface area contributed by atoms with Gasteiger partial charge in [0.2, 0.25) is 0 Å². The molecule has 1 aromatic rings. The highest BCUT2D eigenvalue weighted by molar-refractivity contribution is 6.31. The van der Waals surface area contributed by atoms with Crippen LogP contribution in [0.2, 0.25) is 5.02 Å². The summed E-state index contributed by atoms with van der Waals surface area (Å²) in [4.78, 5) is 0. The van der Waals surface area contributed by atoms with Gasteiger partial charge in [-0.15, -0.1) is 0 Å². The second-order valence-corrected chi connectivity index (χ2v) is 3.91. The van der Waals surface area contributed by atoms with Gasteiger partial charge in [-0.2, -0.15) is 13.2 Å². The van der Waals surface area contributed by atoms with Gasteiger partial charge in [0.05, 0.1) is 17.7 Å². The predicted octanol–water partition coefficient (Wildman–Crippen LogP) is 2.74. The minimum Gasteiger partial charge on any atom is -0.391 e. The average molecular weight is 254 g/mol. The van der Waals surface area contributed by atoms with Crippen molar-refractivity contribution in [2.75, 3.05) is 0 Å². The zero-order valence-electron chi connectivity index (χ0n) is 8.42. The number of nitrogens with two attached hydrogens (primary N) is 1. The molecule has 90 valence electrons. The third-order valence-corrected chi connectivity index (χ3v) is 2.53. The zero-order chi connectivity index (χ0) is 12.5. The summed E-state index contributed by atoms with van der Waals surface area (Å²) in [6, 6.07) is 2.08. The fourth-order valence-corrected chi connectivity index (χ4v) is 1.54. The van der Waals surface area contributed by atoms with E-state index < -0.39 is 23.9 Å². The van der Waals surface area contributed by atoms with Crippen molar-refractivity contribution in [3.8, 4) is 0 Å². The van der Waals surface area contributed by atoms with Crippen LogP contribution in [0.4, 0.5) is 13.2 Å². The summed E-state index contributed by atoms with van der Waals surface area (Å²) in [6.07, 6.45) is -5.31. The van der Waals surface area contributed by atoms with Crippen LogP contribution in [0.5, 0.6) is 0 Å². The number of alkyl halides is 3. The van der Waals surface area contributed by atoms with Gasteiger partial charge < -0.3 is 10.8 Å². The van der Waals surface area contributed by atoms with Crippen LogP contribution in [-0.4, -0.2) is 11.2 Å². The normalized spacial score (nSPS) is 15.9. The van der Waals surface area contributed by atoms with Crippen molar-refractivity contribution in [3.63, 3.8) is 0 Å². The number of hydrogen-bond acceptors (Lipinski definition) is 2. The third-order valence-electron chi connectivity index (χ3n) is 2.21. The Hall–Kier alpha value is -0.780. The summed E-state index contributed by atoms with van der Waals surface area (Å²) >= 11 is 5.68.